The first-order chi connectivity index (χ1) is 11.8. The van der Waals surface area contributed by atoms with E-state index < -0.39 is 0 Å². The van der Waals surface area contributed by atoms with Crippen molar-refractivity contribution in [1.29, 1.82) is 0 Å². The molecule has 24 heavy (non-hydrogen) atoms. The highest BCUT2D eigenvalue weighted by Gasteiger charge is 2.17. The van der Waals surface area contributed by atoms with Gasteiger partial charge in [0.1, 0.15) is 11.1 Å². The van der Waals surface area contributed by atoms with E-state index in [2.05, 4.69) is 21.1 Å². The standard InChI is InChI=1S/C19H12N4O/c1-22-12-7-3-4-8-13(12)23-14-10-16-17(20-18(14)21-19(22)23)11-6-2-5-9-15(11)24-16/h2-10H,1H3. The molecule has 0 aliphatic rings. The first-order valence-electron chi connectivity index (χ1n) is 7.85. The van der Waals surface area contributed by atoms with Crippen LogP contribution in [-0.4, -0.2) is 18.9 Å². The van der Waals surface area contributed by atoms with Crippen LogP contribution in [0, 0.1) is 0 Å². The summed E-state index contributed by atoms with van der Waals surface area (Å²) < 4.78 is 10.2. The molecule has 0 unspecified atom stereocenters. The molecule has 0 saturated carbocycles. The lowest BCUT2D eigenvalue weighted by Crippen LogP contribution is -1.87. The van der Waals surface area contributed by atoms with Crippen LogP contribution < -0.4 is 0 Å². The lowest BCUT2D eigenvalue weighted by Gasteiger charge is -1.95. The maximum atomic E-state index is 5.99. The van der Waals surface area contributed by atoms with Crippen LogP contribution in [0.5, 0.6) is 0 Å². The SMILES string of the molecule is Cn1c2ccccc2n2c3cc4oc5ccccc5c4nc3nc12. The number of fused-ring (bicyclic) bond motifs is 8. The minimum atomic E-state index is 0.741. The zero-order chi connectivity index (χ0) is 15.8. The topological polar surface area (TPSA) is 48.3 Å². The average Bonchev–Trinajstić information content (AvgIpc) is 3.24. The number of imidazole rings is 2. The number of benzene rings is 2. The normalized spacial score (nSPS) is 12.4. The van der Waals surface area contributed by atoms with Crippen LogP contribution in [0.15, 0.2) is 59.0 Å². The molecule has 6 aromatic rings. The monoisotopic (exact) mass is 312 g/mol. The molecule has 6 rings (SSSR count). The van der Waals surface area contributed by atoms with Gasteiger partial charge in [-0.05, 0) is 24.3 Å². The lowest BCUT2D eigenvalue weighted by molar-refractivity contribution is 0.668. The van der Waals surface area contributed by atoms with Gasteiger partial charge >= 0.3 is 0 Å². The number of aryl methyl sites for hydroxylation is 1. The second-order valence-corrected chi connectivity index (χ2v) is 6.07. The number of para-hydroxylation sites is 3. The van der Waals surface area contributed by atoms with Crippen molar-refractivity contribution in [2.45, 2.75) is 0 Å². The van der Waals surface area contributed by atoms with E-state index in [4.69, 9.17) is 14.4 Å². The van der Waals surface area contributed by atoms with Crippen molar-refractivity contribution >= 4 is 50.0 Å². The summed E-state index contributed by atoms with van der Waals surface area (Å²) in [5.41, 5.74) is 6.48. The summed E-state index contributed by atoms with van der Waals surface area (Å²) in [6.45, 7) is 0. The first kappa shape index (κ1) is 12.1. The predicted octanol–water partition coefficient (Wildman–Crippen LogP) is 4.27. The van der Waals surface area contributed by atoms with E-state index in [1.807, 2.05) is 49.5 Å². The highest BCUT2D eigenvalue weighted by Crippen LogP contribution is 2.31. The van der Waals surface area contributed by atoms with Crippen LogP contribution in [0.2, 0.25) is 0 Å². The third-order valence-corrected chi connectivity index (χ3v) is 4.74. The molecule has 114 valence electrons. The Kier molecular flexibility index (Phi) is 1.99. The van der Waals surface area contributed by atoms with E-state index in [0.29, 0.717) is 0 Å². The van der Waals surface area contributed by atoms with E-state index in [-0.39, 0.29) is 0 Å². The predicted molar refractivity (Wildman–Crippen MR) is 94.2 cm³/mol. The van der Waals surface area contributed by atoms with Gasteiger partial charge in [0.25, 0.3) is 0 Å². The van der Waals surface area contributed by atoms with E-state index >= 15 is 0 Å². The van der Waals surface area contributed by atoms with Crippen molar-refractivity contribution in [2.75, 3.05) is 0 Å². The van der Waals surface area contributed by atoms with Gasteiger partial charge in [0, 0.05) is 18.5 Å². The summed E-state index contributed by atoms with van der Waals surface area (Å²) in [6, 6.07) is 18.3. The maximum Gasteiger partial charge on any atom is 0.217 e. The molecule has 0 aliphatic heterocycles. The van der Waals surface area contributed by atoms with Crippen LogP contribution in [0.3, 0.4) is 0 Å². The fourth-order valence-electron chi connectivity index (χ4n) is 3.62. The largest absolute Gasteiger partial charge is 0.454 e. The molecular formula is C19H12N4O. The fourth-order valence-corrected chi connectivity index (χ4v) is 3.62. The van der Waals surface area contributed by atoms with Gasteiger partial charge in [0.15, 0.2) is 11.2 Å². The number of hydrogen-bond acceptors (Lipinski definition) is 3. The number of furan rings is 1. The Morgan fingerprint density at radius 2 is 1.62 bits per heavy atom. The number of aromatic nitrogens is 4. The zero-order valence-corrected chi connectivity index (χ0v) is 12.9. The lowest BCUT2D eigenvalue weighted by atomic mass is 10.2. The van der Waals surface area contributed by atoms with Gasteiger partial charge in [-0.15, -0.1) is 0 Å². The first-order valence-corrected chi connectivity index (χ1v) is 7.85. The Balaban J connectivity index is 1.88. The molecule has 4 heterocycles. The molecule has 0 amide bonds. The van der Waals surface area contributed by atoms with Crippen molar-refractivity contribution in [2.24, 2.45) is 7.05 Å². The number of rotatable bonds is 0. The van der Waals surface area contributed by atoms with Crippen LogP contribution in [0.4, 0.5) is 0 Å². The Bertz CT molecular complexity index is 1420. The highest BCUT2D eigenvalue weighted by atomic mass is 16.3. The summed E-state index contributed by atoms with van der Waals surface area (Å²) in [4.78, 5) is 9.55. The van der Waals surface area contributed by atoms with Gasteiger partial charge in [0.05, 0.1) is 16.6 Å². The Morgan fingerprint density at radius 1 is 0.833 bits per heavy atom. The summed E-state index contributed by atoms with van der Waals surface area (Å²) in [5, 5.41) is 1.02. The molecule has 0 atom stereocenters. The molecule has 0 radical (unpaired) electrons. The molecule has 0 saturated heterocycles. The Hall–Kier alpha value is -3.34. The maximum absolute atomic E-state index is 5.99. The molecular weight excluding hydrogens is 300 g/mol. The van der Waals surface area contributed by atoms with E-state index in [1.165, 1.54) is 0 Å². The summed E-state index contributed by atoms with van der Waals surface area (Å²) >= 11 is 0. The van der Waals surface area contributed by atoms with E-state index in [1.54, 1.807) is 0 Å². The van der Waals surface area contributed by atoms with Gasteiger partial charge in [-0.25, -0.2) is 4.98 Å². The Labute approximate surface area is 135 Å². The third kappa shape index (κ3) is 1.31. The van der Waals surface area contributed by atoms with Crippen LogP contribution in [-0.2, 0) is 7.05 Å². The van der Waals surface area contributed by atoms with Crippen LogP contribution in [0.25, 0.3) is 50.0 Å². The fraction of sp³-hybridized carbons (Fsp3) is 0.0526. The van der Waals surface area contributed by atoms with Gasteiger partial charge in [-0.3, -0.25) is 4.40 Å². The Morgan fingerprint density at radius 3 is 2.54 bits per heavy atom. The number of hydrogen-bond donors (Lipinski definition) is 0. The van der Waals surface area contributed by atoms with Crippen molar-refractivity contribution in [3.05, 3.63) is 54.6 Å². The van der Waals surface area contributed by atoms with Crippen molar-refractivity contribution in [3.8, 4) is 0 Å². The highest BCUT2D eigenvalue weighted by molar-refractivity contribution is 6.06. The second-order valence-electron chi connectivity index (χ2n) is 6.07. The molecule has 0 fully saturated rings. The smallest absolute Gasteiger partial charge is 0.217 e. The molecule has 5 nitrogen and oxygen atoms in total. The second kappa shape index (κ2) is 3.94. The minimum absolute atomic E-state index is 0.741. The molecule has 0 aliphatic carbocycles. The zero-order valence-electron chi connectivity index (χ0n) is 12.9. The van der Waals surface area contributed by atoms with Crippen molar-refractivity contribution in [3.63, 3.8) is 0 Å². The van der Waals surface area contributed by atoms with Gasteiger partial charge in [-0.2, -0.15) is 4.98 Å². The molecule has 2 aromatic carbocycles. The summed E-state index contributed by atoms with van der Waals surface area (Å²) in [5.74, 6) is 0.885. The molecule has 0 bridgehead atoms. The minimum Gasteiger partial charge on any atom is -0.454 e. The quantitative estimate of drug-likeness (QED) is 0.421. The van der Waals surface area contributed by atoms with Gasteiger partial charge in [-0.1, -0.05) is 24.3 Å². The third-order valence-electron chi connectivity index (χ3n) is 4.74. The summed E-state index contributed by atoms with van der Waals surface area (Å²) in [6.07, 6.45) is 0. The van der Waals surface area contributed by atoms with Gasteiger partial charge < -0.3 is 8.98 Å². The molecule has 0 spiro atoms. The molecule has 5 heteroatoms. The number of pyridine rings is 1. The van der Waals surface area contributed by atoms with Crippen molar-refractivity contribution in [1.82, 2.24) is 18.9 Å². The van der Waals surface area contributed by atoms with E-state index in [0.717, 1.165) is 50.0 Å². The van der Waals surface area contributed by atoms with Crippen LogP contribution >= 0.6 is 0 Å². The molecule has 4 aromatic heterocycles. The summed E-state index contributed by atoms with van der Waals surface area (Å²) in [7, 11) is 2.03. The average molecular weight is 312 g/mol. The van der Waals surface area contributed by atoms with Crippen LogP contribution in [0.1, 0.15) is 0 Å². The van der Waals surface area contributed by atoms with Crippen molar-refractivity contribution < 1.29 is 4.42 Å². The van der Waals surface area contributed by atoms with E-state index in [9.17, 15) is 0 Å². The molecule has 0 N–H and O–H groups in total. The number of nitrogens with zero attached hydrogens (tertiary/aromatic N) is 4. The van der Waals surface area contributed by atoms with Gasteiger partial charge in [0.2, 0.25) is 5.78 Å².